The third kappa shape index (κ3) is 6.22. The SMILES string of the molecule is O=C(O)CCC1CCCN(Cc2cc(Cl)ccc2OCc2cccnc2)C1. The number of halogens is 1. The number of pyridine rings is 1. The van der Waals surface area contributed by atoms with E-state index < -0.39 is 5.97 Å². The van der Waals surface area contributed by atoms with Gasteiger partial charge in [-0.2, -0.15) is 0 Å². The number of hydrogen-bond donors (Lipinski definition) is 1. The monoisotopic (exact) mass is 388 g/mol. The molecule has 1 aliphatic rings. The number of ether oxygens (including phenoxy) is 1. The molecule has 1 aromatic carbocycles. The lowest BCUT2D eigenvalue weighted by molar-refractivity contribution is -0.137. The Kier molecular flexibility index (Phi) is 7.07. The number of piperidine rings is 1. The summed E-state index contributed by atoms with van der Waals surface area (Å²) < 4.78 is 6.02. The van der Waals surface area contributed by atoms with Gasteiger partial charge in [0, 0.05) is 48.1 Å². The number of carboxylic acids is 1. The van der Waals surface area contributed by atoms with Crippen LogP contribution in [0, 0.1) is 5.92 Å². The molecule has 1 fully saturated rings. The maximum absolute atomic E-state index is 10.8. The molecule has 144 valence electrons. The van der Waals surface area contributed by atoms with Crippen LogP contribution < -0.4 is 4.74 Å². The van der Waals surface area contributed by atoms with Gasteiger partial charge in [0.25, 0.3) is 0 Å². The number of nitrogens with zero attached hydrogens (tertiary/aromatic N) is 2. The summed E-state index contributed by atoms with van der Waals surface area (Å²) >= 11 is 6.22. The van der Waals surface area contributed by atoms with E-state index in [0.717, 1.165) is 55.8 Å². The number of aromatic nitrogens is 1. The molecule has 1 unspecified atom stereocenters. The van der Waals surface area contributed by atoms with Gasteiger partial charge in [0.2, 0.25) is 0 Å². The van der Waals surface area contributed by atoms with Crippen LogP contribution in [0.3, 0.4) is 0 Å². The van der Waals surface area contributed by atoms with Crippen LogP contribution in [-0.2, 0) is 17.9 Å². The fourth-order valence-corrected chi connectivity index (χ4v) is 3.75. The average Bonchev–Trinajstić information content (AvgIpc) is 2.67. The molecule has 2 aromatic rings. The van der Waals surface area contributed by atoms with E-state index in [9.17, 15) is 4.79 Å². The minimum Gasteiger partial charge on any atom is -0.489 e. The van der Waals surface area contributed by atoms with Crippen molar-refractivity contribution in [1.82, 2.24) is 9.88 Å². The van der Waals surface area contributed by atoms with E-state index in [1.54, 1.807) is 12.4 Å². The van der Waals surface area contributed by atoms with E-state index in [0.29, 0.717) is 17.5 Å². The molecule has 2 heterocycles. The van der Waals surface area contributed by atoms with Crippen molar-refractivity contribution in [2.24, 2.45) is 5.92 Å². The van der Waals surface area contributed by atoms with Gasteiger partial charge in [0.15, 0.2) is 0 Å². The highest BCUT2D eigenvalue weighted by atomic mass is 35.5. The third-order valence-electron chi connectivity index (χ3n) is 4.90. The van der Waals surface area contributed by atoms with Gasteiger partial charge in [-0.25, -0.2) is 0 Å². The first-order chi connectivity index (χ1) is 13.1. The smallest absolute Gasteiger partial charge is 0.303 e. The zero-order chi connectivity index (χ0) is 19.1. The minimum absolute atomic E-state index is 0.245. The van der Waals surface area contributed by atoms with Crippen molar-refractivity contribution in [2.45, 2.75) is 38.8 Å². The van der Waals surface area contributed by atoms with Crippen molar-refractivity contribution in [1.29, 1.82) is 0 Å². The lowest BCUT2D eigenvalue weighted by Gasteiger charge is -2.33. The van der Waals surface area contributed by atoms with E-state index in [1.165, 1.54) is 0 Å². The van der Waals surface area contributed by atoms with Gasteiger partial charge in [0.1, 0.15) is 12.4 Å². The van der Waals surface area contributed by atoms with E-state index >= 15 is 0 Å². The van der Waals surface area contributed by atoms with Crippen molar-refractivity contribution in [3.8, 4) is 5.75 Å². The van der Waals surface area contributed by atoms with Crippen molar-refractivity contribution in [3.63, 3.8) is 0 Å². The second-order valence-corrected chi connectivity index (χ2v) is 7.51. The summed E-state index contributed by atoms with van der Waals surface area (Å²) in [6.07, 6.45) is 6.73. The zero-order valence-corrected chi connectivity index (χ0v) is 16.1. The molecule has 0 spiro atoms. The first-order valence-electron chi connectivity index (χ1n) is 9.34. The van der Waals surface area contributed by atoms with Crippen LogP contribution in [0.5, 0.6) is 5.75 Å². The van der Waals surface area contributed by atoms with Crippen molar-refractivity contribution in [2.75, 3.05) is 13.1 Å². The van der Waals surface area contributed by atoms with E-state index in [1.807, 2.05) is 30.3 Å². The number of hydrogen-bond acceptors (Lipinski definition) is 4. The lowest BCUT2D eigenvalue weighted by Crippen LogP contribution is -2.35. The average molecular weight is 389 g/mol. The highest BCUT2D eigenvalue weighted by Crippen LogP contribution is 2.28. The Bertz CT molecular complexity index is 754. The van der Waals surface area contributed by atoms with Crippen molar-refractivity contribution in [3.05, 3.63) is 58.9 Å². The minimum atomic E-state index is -0.715. The molecular weight excluding hydrogens is 364 g/mol. The summed E-state index contributed by atoms with van der Waals surface area (Å²) in [5, 5.41) is 9.61. The normalized spacial score (nSPS) is 17.6. The molecule has 1 N–H and O–H groups in total. The topological polar surface area (TPSA) is 62.7 Å². The van der Waals surface area contributed by atoms with Crippen LogP contribution in [0.4, 0.5) is 0 Å². The van der Waals surface area contributed by atoms with Crippen LogP contribution in [0.25, 0.3) is 0 Å². The number of benzene rings is 1. The quantitative estimate of drug-likeness (QED) is 0.726. The summed E-state index contributed by atoms with van der Waals surface area (Å²) in [4.78, 5) is 17.3. The molecule has 0 aliphatic carbocycles. The number of rotatable bonds is 8. The Balaban J connectivity index is 1.63. The molecule has 1 atom stereocenters. The summed E-state index contributed by atoms with van der Waals surface area (Å²) in [6.45, 7) is 3.15. The van der Waals surface area contributed by atoms with Crippen LogP contribution >= 0.6 is 11.6 Å². The highest BCUT2D eigenvalue weighted by Gasteiger charge is 2.21. The second-order valence-electron chi connectivity index (χ2n) is 7.08. The molecule has 0 bridgehead atoms. The number of likely N-dealkylation sites (tertiary alicyclic amines) is 1. The molecule has 0 amide bonds. The molecule has 27 heavy (non-hydrogen) atoms. The van der Waals surface area contributed by atoms with Gasteiger partial charge >= 0.3 is 5.97 Å². The maximum Gasteiger partial charge on any atom is 0.303 e. The standard InChI is InChI=1S/C21H25ClN2O3/c22-19-6-7-20(27-15-17-3-1-9-23-12-17)18(11-19)14-24-10-2-4-16(13-24)5-8-21(25)26/h1,3,6-7,9,11-12,16H,2,4-5,8,10,13-15H2,(H,25,26). The summed E-state index contributed by atoms with van der Waals surface area (Å²) in [5.74, 6) is 0.553. The van der Waals surface area contributed by atoms with Crippen LogP contribution in [-0.4, -0.2) is 34.0 Å². The molecule has 1 aliphatic heterocycles. The highest BCUT2D eigenvalue weighted by molar-refractivity contribution is 6.30. The first kappa shape index (κ1) is 19.6. The largest absolute Gasteiger partial charge is 0.489 e. The van der Waals surface area contributed by atoms with Gasteiger partial charge in [-0.3, -0.25) is 14.7 Å². The lowest BCUT2D eigenvalue weighted by atomic mass is 9.93. The molecule has 1 aromatic heterocycles. The van der Waals surface area contributed by atoms with E-state index in [2.05, 4.69) is 9.88 Å². The van der Waals surface area contributed by atoms with Gasteiger partial charge in [-0.05, 0) is 56.0 Å². The van der Waals surface area contributed by atoms with Gasteiger partial charge in [0.05, 0.1) is 0 Å². The van der Waals surface area contributed by atoms with E-state index in [4.69, 9.17) is 21.4 Å². The Hall–Kier alpha value is -2.11. The predicted molar refractivity (Wildman–Crippen MR) is 105 cm³/mol. The zero-order valence-electron chi connectivity index (χ0n) is 15.3. The molecule has 6 heteroatoms. The Morgan fingerprint density at radius 3 is 3.04 bits per heavy atom. The molecule has 5 nitrogen and oxygen atoms in total. The Morgan fingerprint density at radius 2 is 2.26 bits per heavy atom. The molecule has 0 radical (unpaired) electrons. The number of aliphatic carboxylic acids is 1. The van der Waals surface area contributed by atoms with E-state index in [-0.39, 0.29) is 6.42 Å². The molecular formula is C21H25ClN2O3. The van der Waals surface area contributed by atoms with Crippen LogP contribution in [0.1, 0.15) is 36.8 Å². The third-order valence-corrected chi connectivity index (χ3v) is 5.14. The molecule has 0 saturated carbocycles. The fraction of sp³-hybridized carbons (Fsp3) is 0.429. The molecule has 3 rings (SSSR count). The van der Waals surface area contributed by atoms with Crippen LogP contribution in [0.15, 0.2) is 42.7 Å². The Labute approximate surface area is 164 Å². The Morgan fingerprint density at radius 1 is 1.37 bits per heavy atom. The van der Waals surface area contributed by atoms with Crippen molar-refractivity contribution < 1.29 is 14.6 Å². The summed E-state index contributed by atoms with van der Waals surface area (Å²) in [5.41, 5.74) is 2.08. The summed E-state index contributed by atoms with van der Waals surface area (Å²) in [7, 11) is 0. The van der Waals surface area contributed by atoms with Gasteiger partial charge in [-0.1, -0.05) is 17.7 Å². The van der Waals surface area contributed by atoms with Gasteiger partial charge in [-0.15, -0.1) is 0 Å². The van der Waals surface area contributed by atoms with Crippen LogP contribution in [0.2, 0.25) is 5.02 Å². The second kappa shape index (κ2) is 9.72. The fourth-order valence-electron chi connectivity index (χ4n) is 3.56. The first-order valence-corrected chi connectivity index (χ1v) is 9.72. The number of carboxylic acid groups (broad SMARTS) is 1. The predicted octanol–water partition coefficient (Wildman–Crippen LogP) is 4.39. The number of carbonyl (C=O) groups is 1. The van der Waals surface area contributed by atoms with Crippen molar-refractivity contribution >= 4 is 17.6 Å². The summed E-state index contributed by atoms with van der Waals surface area (Å²) in [6, 6.07) is 9.60. The molecule has 1 saturated heterocycles. The van der Waals surface area contributed by atoms with Gasteiger partial charge < -0.3 is 9.84 Å². The maximum atomic E-state index is 10.8.